The summed E-state index contributed by atoms with van der Waals surface area (Å²) in [6, 6.07) is 5.98. The molecule has 0 amide bonds. The van der Waals surface area contributed by atoms with Crippen LogP contribution in [0.4, 0.5) is 13.2 Å². The third-order valence-corrected chi connectivity index (χ3v) is 5.61. The van der Waals surface area contributed by atoms with Gasteiger partial charge < -0.3 is 9.47 Å². The third-order valence-electron chi connectivity index (χ3n) is 5.61. The molecule has 0 radical (unpaired) electrons. The second kappa shape index (κ2) is 5.13. The Kier molecular flexibility index (Phi) is 3.09. The van der Waals surface area contributed by atoms with Gasteiger partial charge in [-0.05, 0) is 31.7 Å². The number of nitrogens with zero attached hydrogens (tertiary/aromatic N) is 3. The molecule has 130 valence electrons. The highest BCUT2D eigenvalue weighted by Crippen LogP contribution is 2.46. The van der Waals surface area contributed by atoms with Gasteiger partial charge in [-0.2, -0.15) is 13.2 Å². The molecule has 3 aliphatic rings. The van der Waals surface area contributed by atoms with Gasteiger partial charge in [0.15, 0.2) is 6.04 Å². The van der Waals surface area contributed by atoms with Gasteiger partial charge in [0, 0.05) is 34.8 Å². The van der Waals surface area contributed by atoms with Crippen LogP contribution < -0.4 is 0 Å². The minimum absolute atomic E-state index is 0.362. The predicted octanol–water partition coefficient (Wildman–Crippen LogP) is 4.76. The number of fused-ring (bicyclic) bond motifs is 4. The Balaban J connectivity index is 1.83. The standard InChI is InChI=1S/C19H18F3N3/c20-19(21,22)17-11-23-10-16-13-5-3-4-12-8-9-24(18(12)13)14-6-1-2-7-15(14)25(16)17/h3-5,8-9,11,16-17H,1-2,6-7,10H2. The molecule has 1 aromatic heterocycles. The smallest absolute Gasteiger partial charge is 0.348 e. The fourth-order valence-corrected chi connectivity index (χ4v) is 4.59. The predicted molar refractivity (Wildman–Crippen MR) is 91.4 cm³/mol. The maximum absolute atomic E-state index is 13.8. The summed E-state index contributed by atoms with van der Waals surface area (Å²) in [4.78, 5) is 5.73. The molecule has 1 aromatic carbocycles. The van der Waals surface area contributed by atoms with Crippen molar-refractivity contribution in [1.29, 1.82) is 0 Å². The van der Waals surface area contributed by atoms with Crippen LogP contribution in [0, 0.1) is 0 Å². The van der Waals surface area contributed by atoms with Crippen LogP contribution in [0.15, 0.2) is 41.2 Å². The molecule has 0 bridgehead atoms. The molecule has 3 heterocycles. The van der Waals surface area contributed by atoms with Crippen molar-refractivity contribution in [2.45, 2.75) is 43.9 Å². The topological polar surface area (TPSA) is 20.5 Å². The van der Waals surface area contributed by atoms with Crippen LogP contribution in [-0.2, 0) is 0 Å². The summed E-state index contributed by atoms with van der Waals surface area (Å²) in [7, 11) is 0. The molecule has 25 heavy (non-hydrogen) atoms. The molecule has 6 heteroatoms. The fraction of sp³-hybridized carbons (Fsp3) is 0.421. The zero-order valence-corrected chi connectivity index (χ0v) is 13.6. The molecule has 5 rings (SSSR count). The second-order valence-corrected chi connectivity index (χ2v) is 7.00. The molecule has 0 fully saturated rings. The van der Waals surface area contributed by atoms with E-state index in [4.69, 9.17) is 0 Å². The van der Waals surface area contributed by atoms with Gasteiger partial charge in [0.25, 0.3) is 0 Å². The van der Waals surface area contributed by atoms with Gasteiger partial charge in [-0.15, -0.1) is 0 Å². The zero-order valence-electron chi connectivity index (χ0n) is 13.6. The monoisotopic (exact) mass is 345 g/mol. The molecule has 2 atom stereocenters. The molecule has 2 aliphatic heterocycles. The number of para-hydroxylation sites is 1. The van der Waals surface area contributed by atoms with Gasteiger partial charge in [-0.3, -0.25) is 4.99 Å². The first-order chi connectivity index (χ1) is 12.1. The van der Waals surface area contributed by atoms with E-state index in [0.717, 1.165) is 53.3 Å². The van der Waals surface area contributed by atoms with E-state index >= 15 is 0 Å². The normalized spacial score (nSPS) is 25.8. The van der Waals surface area contributed by atoms with Gasteiger partial charge in [0.05, 0.1) is 18.1 Å². The van der Waals surface area contributed by atoms with E-state index in [1.165, 1.54) is 0 Å². The molecule has 3 nitrogen and oxygen atoms in total. The van der Waals surface area contributed by atoms with Crippen molar-refractivity contribution in [2.75, 3.05) is 6.54 Å². The molecule has 0 N–H and O–H groups in total. The van der Waals surface area contributed by atoms with Gasteiger partial charge in [-0.1, -0.05) is 18.2 Å². The third kappa shape index (κ3) is 2.09. The quantitative estimate of drug-likeness (QED) is 0.674. The Bertz CT molecular complexity index is 906. The molecule has 0 spiro atoms. The van der Waals surface area contributed by atoms with Crippen molar-refractivity contribution in [1.82, 2.24) is 9.47 Å². The number of aliphatic imine (C=N–C) groups is 1. The summed E-state index contributed by atoms with van der Waals surface area (Å²) < 4.78 is 43.5. The second-order valence-electron chi connectivity index (χ2n) is 7.00. The van der Waals surface area contributed by atoms with Crippen molar-refractivity contribution in [2.24, 2.45) is 4.99 Å². The minimum Gasteiger partial charge on any atom is -0.348 e. The van der Waals surface area contributed by atoms with E-state index in [-0.39, 0.29) is 6.04 Å². The number of alkyl halides is 3. The number of allylic oxidation sites excluding steroid dienone is 2. The van der Waals surface area contributed by atoms with E-state index < -0.39 is 12.2 Å². The first-order valence-electron chi connectivity index (χ1n) is 8.73. The molecular weight excluding hydrogens is 327 g/mol. The lowest BCUT2D eigenvalue weighted by Crippen LogP contribution is -2.51. The highest BCUT2D eigenvalue weighted by molar-refractivity contribution is 5.88. The lowest BCUT2D eigenvalue weighted by molar-refractivity contribution is -0.165. The summed E-state index contributed by atoms with van der Waals surface area (Å²) in [5.41, 5.74) is 3.87. The van der Waals surface area contributed by atoms with Gasteiger partial charge in [0.2, 0.25) is 0 Å². The minimum atomic E-state index is -4.33. The number of aromatic nitrogens is 1. The van der Waals surface area contributed by atoms with Crippen LogP contribution in [0.25, 0.3) is 16.6 Å². The van der Waals surface area contributed by atoms with Crippen molar-refractivity contribution in [3.8, 4) is 0 Å². The number of benzene rings is 1. The van der Waals surface area contributed by atoms with Crippen LogP contribution in [0.5, 0.6) is 0 Å². The highest BCUT2D eigenvalue weighted by Gasteiger charge is 2.49. The Labute approximate surface area is 143 Å². The molecular formula is C19H18F3N3. The Hall–Kier alpha value is -2.24. The maximum atomic E-state index is 13.8. The van der Waals surface area contributed by atoms with E-state index in [1.807, 2.05) is 24.4 Å². The molecule has 0 saturated heterocycles. The summed E-state index contributed by atoms with van der Waals surface area (Å²) >= 11 is 0. The summed E-state index contributed by atoms with van der Waals surface area (Å²) in [5.74, 6) is 0. The maximum Gasteiger partial charge on any atom is 0.413 e. The van der Waals surface area contributed by atoms with E-state index in [0.29, 0.717) is 13.0 Å². The van der Waals surface area contributed by atoms with Crippen molar-refractivity contribution in [3.05, 3.63) is 41.7 Å². The van der Waals surface area contributed by atoms with E-state index in [9.17, 15) is 13.2 Å². The average molecular weight is 345 g/mol. The van der Waals surface area contributed by atoms with Crippen LogP contribution in [0.3, 0.4) is 0 Å². The van der Waals surface area contributed by atoms with Crippen molar-refractivity contribution < 1.29 is 13.2 Å². The summed E-state index contributed by atoms with van der Waals surface area (Å²) in [6.45, 7) is 0.369. The van der Waals surface area contributed by atoms with Crippen molar-refractivity contribution >= 4 is 22.8 Å². The van der Waals surface area contributed by atoms with Crippen LogP contribution in [0.2, 0.25) is 0 Å². The number of hydrogen-bond donors (Lipinski definition) is 0. The first-order valence-corrected chi connectivity index (χ1v) is 8.73. The number of hydrogen-bond acceptors (Lipinski definition) is 2. The first kappa shape index (κ1) is 15.0. The summed E-state index contributed by atoms with van der Waals surface area (Å²) in [5, 5.41) is 1.08. The SMILES string of the molecule is FC(F)(F)C1C=NCC2c3cccc4ccn(c34)C3=C(CCCC3)N21. The van der Waals surface area contributed by atoms with Crippen molar-refractivity contribution in [3.63, 3.8) is 0 Å². The molecule has 1 aliphatic carbocycles. The number of halogens is 3. The lowest BCUT2D eigenvalue weighted by atomic mass is 9.95. The van der Waals surface area contributed by atoms with E-state index in [2.05, 4.69) is 15.6 Å². The Morgan fingerprint density at radius 3 is 2.64 bits per heavy atom. The average Bonchev–Trinajstić information content (AvgIpc) is 2.99. The van der Waals surface area contributed by atoms with Crippen LogP contribution in [-0.4, -0.2) is 34.4 Å². The zero-order chi connectivity index (χ0) is 17.2. The molecule has 0 saturated carbocycles. The Morgan fingerprint density at radius 2 is 1.84 bits per heavy atom. The van der Waals surface area contributed by atoms with E-state index in [1.54, 1.807) is 4.90 Å². The van der Waals surface area contributed by atoms with Gasteiger partial charge in [-0.25, -0.2) is 0 Å². The van der Waals surface area contributed by atoms with Crippen LogP contribution in [0.1, 0.15) is 37.3 Å². The number of rotatable bonds is 0. The lowest BCUT2D eigenvalue weighted by Gasteiger charge is -2.43. The van der Waals surface area contributed by atoms with Gasteiger partial charge in [0.1, 0.15) is 0 Å². The van der Waals surface area contributed by atoms with Gasteiger partial charge >= 0.3 is 6.18 Å². The molecule has 2 aromatic rings. The largest absolute Gasteiger partial charge is 0.413 e. The van der Waals surface area contributed by atoms with Crippen LogP contribution >= 0.6 is 0 Å². The highest BCUT2D eigenvalue weighted by atomic mass is 19.4. The molecule has 2 unspecified atom stereocenters. The summed E-state index contributed by atoms with van der Waals surface area (Å²) in [6.07, 6.45) is 2.24. The fourth-order valence-electron chi connectivity index (χ4n) is 4.59. The Morgan fingerprint density at radius 1 is 1.04 bits per heavy atom.